The average Bonchev–Trinajstić information content (AvgIpc) is 2.78. The molecule has 0 unspecified atom stereocenters. The quantitative estimate of drug-likeness (QED) is 0.684. The Morgan fingerprint density at radius 2 is 1.76 bits per heavy atom. The summed E-state index contributed by atoms with van der Waals surface area (Å²) in [6, 6.07) is 15.7. The molecule has 4 nitrogen and oxygen atoms in total. The first-order chi connectivity index (χ1) is 14.2. The van der Waals surface area contributed by atoms with Crippen molar-refractivity contribution in [3.8, 4) is 0 Å². The largest absolute Gasteiger partial charge is 0.454 e. The number of likely N-dealkylation sites (tertiary alicyclic amines) is 1. The molecule has 3 atom stereocenters. The molecule has 0 spiro atoms. The van der Waals surface area contributed by atoms with Crippen LogP contribution in [0.5, 0.6) is 0 Å². The Morgan fingerprint density at radius 1 is 0.966 bits per heavy atom. The summed E-state index contributed by atoms with van der Waals surface area (Å²) >= 11 is 0. The van der Waals surface area contributed by atoms with E-state index < -0.39 is 0 Å². The number of nitrogens with zero attached hydrogens (tertiary/aromatic N) is 1. The van der Waals surface area contributed by atoms with Crippen LogP contribution in [0.4, 0.5) is 0 Å². The van der Waals surface area contributed by atoms with Gasteiger partial charge in [-0.25, -0.2) is 4.79 Å². The fourth-order valence-electron chi connectivity index (χ4n) is 5.43. The maximum atomic E-state index is 13.4. The van der Waals surface area contributed by atoms with E-state index in [2.05, 4.69) is 4.90 Å². The molecule has 1 saturated heterocycles. The summed E-state index contributed by atoms with van der Waals surface area (Å²) in [6.45, 7) is 0.853. The van der Waals surface area contributed by atoms with Crippen molar-refractivity contribution in [2.24, 2.45) is 5.92 Å². The van der Waals surface area contributed by atoms with Crippen molar-refractivity contribution in [1.82, 2.24) is 4.90 Å². The molecule has 0 bridgehead atoms. The van der Waals surface area contributed by atoms with Gasteiger partial charge in [0.1, 0.15) is 6.10 Å². The maximum absolute atomic E-state index is 13.4. The van der Waals surface area contributed by atoms with E-state index in [1.54, 1.807) is 12.1 Å². The third-order valence-electron chi connectivity index (χ3n) is 6.90. The second-order valence-corrected chi connectivity index (χ2v) is 8.63. The zero-order valence-electron chi connectivity index (χ0n) is 16.7. The van der Waals surface area contributed by atoms with Gasteiger partial charge in [0.2, 0.25) is 0 Å². The zero-order chi connectivity index (χ0) is 19.8. The molecule has 150 valence electrons. The highest BCUT2D eigenvalue weighted by Gasteiger charge is 2.36. The fraction of sp³-hybridized carbons (Fsp3) is 0.440. The van der Waals surface area contributed by atoms with Crippen molar-refractivity contribution in [1.29, 1.82) is 0 Å². The molecule has 2 aromatic carbocycles. The number of rotatable bonds is 2. The molecule has 1 amide bonds. The van der Waals surface area contributed by atoms with Crippen LogP contribution in [0.15, 0.2) is 48.5 Å². The van der Waals surface area contributed by atoms with Crippen molar-refractivity contribution in [3.63, 3.8) is 0 Å². The number of hydrogen-bond acceptors (Lipinski definition) is 3. The molecule has 1 aliphatic carbocycles. The third-order valence-corrected chi connectivity index (χ3v) is 6.90. The highest BCUT2D eigenvalue weighted by Crippen LogP contribution is 2.36. The second-order valence-electron chi connectivity index (χ2n) is 8.63. The van der Waals surface area contributed by atoms with E-state index in [1.807, 2.05) is 36.4 Å². The van der Waals surface area contributed by atoms with Gasteiger partial charge in [-0.2, -0.15) is 0 Å². The predicted octanol–water partition coefficient (Wildman–Crippen LogP) is 4.94. The van der Waals surface area contributed by atoms with E-state index in [0.717, 1.165) is 30.5 Å². The minimum absolute atomic E-state index is 0.125. The molecule has 4 heteroatoms. The topological polar surface area (TPSA) is 46.6 Å². The van der Waals surface area contributed by atoms with Crippen molar-refractivity contribution in [2.75, 3.05) is 6.54 Å². The zero-order valence-corrected chi connectivity index (χ0v) is 16.7. The maximum Gasteiger partial charge on any atom is 0.339 e. The van der Waals surface area contributed by atoms with Crippen LogP contribution in [0.1, 0.15) is 76.5 Å². The molecular weight excluding hydrogens is 362 g/mol. The van der Waals surface area contributed by atoms with Crippen molar-refractivity contribution in [3.05, 3.63) is 70.8 Å². The van der Waals surface area contributed by atoms with E-state index in [0.29, 0.717) is 29.5 Å². The smallest absolute Gasteiger partial charge is 0.339 e. The Morgan fingerprint density at radius 3 is 2.62 bits per heavy atom. The fourth-order valence-corrected chi connectivity index (χ4v) is 5.43. The lowest BCUT2D eigenvalue weighted by molar-refractivity contribution is 0.0250. The van der Waals surface area contributed by atoms with Crippen molar-refractivity contribution in [2.45, 2.75) is 57.1 Å². The first-order valence-corrected chi connectivity index (χ1v) is 10.9. The molecule has 29 heavy (non-hydrogen) atoms. The van der Waals surface area contributed by atoms with Gasteiger partial charge in [0.15, 0.2) is 0 Å². The first-order valence-electron chi connectivity index (χ1n) is 10.9. The minimum atomic E-state index is -0.301. The lowest BCUT2D eigenvalue weighted by Gasteiger charge is -2.44. The first kappa shape index (κ1) is 18.4. The molecule has 5 rings (SSSR count). The van der Waals surface area contributed by atoms with Crippen LogP contribution in [0.25, 0.3) is 0 Å². The van der Waals surface area contributed by atoms with E-state index in [-0.39, 0.29) is 18.0 Å². The summed E-state index contributed by atoms with van der Waals surface area (Å²) in [4.78, 5) is 28.0. The van der Waals surface area contributed by atoms with Gasteiger partial charge in [-0.05, 0) is 60.9 Å². The van der Waals surface area contributed by atoms with Crippen molar-refractivity contribution >= 4 is 11.9 Å². The average molecular weight is 389 g/mol. The SMILES string of the molecule is O=C1O[C@H](c2ccccc2)Cc2cc(C(=O)N3CCC[C@H]4CCCC[C@@H]43)ccc21. The minimum Gasteiger partial charge on any atom is -0.454 e. The summed E-state index contributed by atoms with van der Waals surface area (Å²) in [5.74, 6) is 0.487. The van der Waals surface area contributed by atoms with Crippen LogP contribution in [0.3, 0.4) is 0 Å². The number of piperidine rings is 1. The molecule has 1 saturated carbocycles. The summed E-state index contributed by atoms with van der Waals surface area (Å²) in [7, 11) is 0. The van der Waals surface area contributed by atoms with E-state index in [1.165, 1.54) is 25.7 Å². The Labute approximate surface area is 171 Å². The number of benzene rings is 2. The standard InChI is InChI=1S/C25H27NO3/c27-24(26-14-6-10-17-7-4-5-11-22(17)26)19-12-13-21-20(15-19)16-23(29-25(21)28)18-8-2-1-3-9-18/h1-3,8-9,12-13,15,17,22-23H,4-7,10-11,14,16H2/t17-,22+,23+/m1/s1. The normalized spacial score (nSPS) is 26.3. The van der Waals surface area contributed by atoms with Crippen LogP contribution < -0.4 is 0 Å². The molecule has 3 aliphatic rings. The molecule has 0 radical (unpaired) electrons. The van der Waals surface area contributed by atoms with Crippen LogP contribution in [-0.4, -0.2) is 29.4 Å². The summed E-state index contributed by atoms with van der Waals surface area (Å²) in [5, 5.41) is 0. The predicted molar refractivity (Wildman–Crippen MR) is 111 cm³/mol. The second kappa shape index (κ2) is 7.66. The lowest BCUT2D eigenvalue weighted by Crippen LogP contribution is -2.49. The van der Waals surface area contributed by atoms with Crippen LogP contribution in [0.2, 0.25) is 0 Å². The molecule has 2 aromatic rings. The number of amides is 1. The molecular formula is C25H27NO3. The van der Waals surface area contributed by atoms with Gasteiger partial charge < -0.3 is 9.64 Å². The van der Waals surface area contributed by atoms with Crippen LogP contribution in [0, 0.1) is 5.92 Å². The number of hydrogen-bond donors (Lipinski definition) is 0. The van der Waals surface area contributed by atoms with E-state index >= 15 is 0 Å². The van der Waals surface area contributed by atoms with Gasteiger partial charge in [0.05, 0.1) is 5.56 Å². The van der Waals surface area contributed by atoms with E-state index in [4.69, 9.17) is 4.74 Å². The number of fused-ring (bicyclic) bond motifs is 2. The third kappa shape index (κ3) is 3.45. The number of carbonyl (C=O) groups is 2. The van der Waals surface area contributed by atoms with Gasteiger partial charge in [-0.3, -0.25) is 4.79 Å². The summed E-state index contributed by atoms with van der Waals surface area (Å²) in [5.41, 5.74) is 3.20. The molecule has 0 aromatic heterocycles. The molecule has 0 N–H and O–H groups in total. The van der Waals surface area contributed by atoms with E-state index in [9.17, 15) is 9.59 Å². The Bertz CT molecular complexity index is 921. The van der Waals surface area contributed by atoms with Gasteiger partial charge in [-0.15, -0.1) is 0 Å². The highest BCUT2D eigenvalue weighted by atomic mass is 16.5. The Kier molecular flexibility index (Phi) is 4.86. The monoisotopic (exact) mass is 389 g/mol. The highest BCUT2D eigenvalue weighted by molar-refractivity contribution is 5.98. The van der Waals surface area contributed by atoms with Gasteiger partial charge in [0.25, 0.3) is 5.91 Å². The Hall–Kier alpha value is -2.62. The lowest BCUT2D eigenvalue weighted by atomic mass is 9.78. The number of carbonyl (C=O) groups excluding carboxylic acids is 2. The number of cyclic esters (lactones) is 1. The molecule has 2 aliphatic heterocycles. The van der Waals surface area contributed by atoms with Crippen LogP contribution in [-0.2, 0) is 11.2 Å². The van der Waals surface area contributed by atoms with Gasteiger partial charge in [0, 0.05) is 24.6 Å². The van der Waals surface area contributed by atoms with Gasteiger partial charge in [-0.1, -0.05) is 43.2 Å². The molecule has 2 fully saturated rings. The van der Waals surface area contributed by atoms with Crippen molar-refractivity contribution < 1.29 is 14.3 Å². The Balaban J connectivity index is 1.41. The van der Waals surface area contributed by atoms with Gasteiger partial charge >= 0.3 is 5.97 Å². The number of ether oxygens (including phenoxy) is 1. The van der Waals surface area contributed by atoms with Crippen LogP contribution >= 0.6 is 0 Å². The summed E-state index contributed by atoms with van der Waals surface area (Å²) < 4.78 is 5.65. The number of esters is 1. The summed E-state index contributed by atoms with van der Waals surface area (Å²) in [6.07, 6.45) is 7.57. The molecule has 2 heterocycles.